The van der Waals surface area contributed by atoms with E-state index in [9.17, 15) is 0 Å². The summed E-state index contributed by atoms with van der Waals surface area (Å²) in [5.41, 5.74) is 4.32. The van der Waals surface area contributed by atoms with Crippen LogP contribution >= 0.6 is 0 Å². The van der Waals surface area contributed by atoms with Gasteiger partial charge in [-0.15, -0.1) is 0 Å². The van der Waals surface area contributed by atoms with Crippen molar-refractivity contribution < 1.29 is 0 Å². The summed E-state index contributed by atoms with van der Waals surface area (Å²) in [5.74, 6) is 1.75. The van der Waals surface area contributed by atoms with E-state index in [1.54, 1.807) is 12.4 Å². The number of aromatic nitrogens is 4. The first-order valence-corrected chi connectivity index (χ1v) is 10.7. The zero-order chi connectivity index (χ0) is 21.6. The van der Waals surface area contributed by atoms with Crippen molar-refractivity contribution in [3.8, 4) is 11.4 Å². The van der Waals surface area contributed by atoms with E-state index in [0.717, 1.165) is 35.2 Å². The molecule has 0 aliphatic carbocycles. The topological polar surface area (TPSA) is 63.6 Å². The van der Waals surface area contributed by atoms with Crippen molar-refractivity contribution in [1.82, 2.24) is 19.9 Å². The Balaban J connectivity index is 1.43. The Morgan fingerprint density at radius 3 is 2.00 bits per heavy atom. The molecular weight excluding hydrogens is 394 g/mol. The molecule has 3 aromatic carbocycles. The molecule has 0 saturated heterocycles. The number of hydrogen-bond donors (Lipinski definition) is 1. The van der Waals surface area contributed by atoms with Gasteiger partial charge in [0, 0.05) is 30.2 Å². The van der Waals surface area contributed by atoms with Crippen molar-refractivity contribution in [2.45, 2.75) is 12.3 Å². The van der Waals surface area contributed by atoms with Crippen molar-refractivity contribution in [2.75, 3.05) is 11.9 Å². The first-order valence-electron chi connectivity index (χ1n) is 10.7. The van der Waals surface area contributed by atoms with E-state index in [-0.39, 0.29) is 0 Å². The first kappa shape index (κ1) is 19.8. The molecule has 0 saturated carbocycles. The lowest BCUT2D eigenvalue weighted by molar-refractivity contribution is 0.743. The largest absolute Gasteiger partial charge is 0.369 e. The molecule has 2 aromatic heterocycles. The van der Waals surface area contributed by atoms with Gasteiger partial charge < -0.3 is 5.32 Å². The van der Waals surface area contributed by atoms with Gasteiger partial charge in [0.15, 0.2) is 5.82 Å². The highest BCUT2D eigenvalue weighted by Gasteiger charge is 2.15. The van der Waals surface area contributed by atoms with E-state index >= 15 is 0 Å². The van der Waals surface area contributed by atoms with Crippen LogP contribution in [-0.2, 0) is 0 Å². The van der Waals surface area contributed by atoms with Crippen LogP contribution in [0, 0.1) is 0 Å². The van der Waals surface area contributed by atoms with Gasteiger partial charge in [0.25, 0.3) is 0 Å². The number of benzene rings is 3. The fourth-order valence-electron chi connectivity index (χ4n) is 3.99. The van der Waals surface area contributed by atoms with E-state index in [2.05, 4.69) is 82.0 Å². The molecule has 0 aliphatic heterocycles. The Hall–Kier alpha value is -4.12. The standard InChI is InChI=1S/C27H23N5/c1-3-9-20(10-4-1)23(21-11-5-2-6-12-21)15-16-30-27-24-13-7-8-14-25(24)31-26(32-27)22-17-28-19-29-18-22/h1-14,17-19,23H,15-16H2,(H,30,31,32). The fourth-order valence-corrected chi connectivity index (χ4v) is 3.99. The normalized spacial score (nSPS) is 11.0. The average Bonchev–Trinajstić information content (AvgIpc) is 2.88. The summed E-state index contributed by atoms with van der Waals surface area (Å²) in [7, 11) is 0. The van der Waals surface area contributed by atoms with Gasteiger partial charge in [-0.25, -0.2) is 19.9 Å². The molecule has 5 heteroatoms. The van der Waals surface area contributed by atoms with Crippen molar-refractivity contribution in [1.29, 1.82) is 0 Å². The van der Waals surface area contributed by atoms with Gasteiger partial charge >= 0.3 is 0 Å². The summed E-state index contributed by atoms with van der Waals surface area (Å²) in [4.78, 5) is 17.7. The third-order valence-corrected chi connectivity index (χ3v) is 5.55. The van der Waals surface area contributed by atoms with Gasteiger partial charge in [-0.2, -0.15) is 0 Å². The highest BCUT2D eigenvalue weighted by atomic mass is 15.0. The molecule has 5 nitrogen and oxygen atoms in total. The Morgan fingerprint density at radius 2 is 1.31 bits per heavy atom. The molecule has 5 rings (SSSR count). The average molecular weight is 418 g/mol. The predicted octanol–water partition coefficient (Wildman–Crippen LogP) is 5.72. The molecule has 0 aliphatic rings. The van der Waals surface area contributed by atoms with Crippen LogP contribution in [0.1, 0.15) is 23.5 Å². The van der Waals surface area contributed by atoms with E-state index in [1.807, 2.05) is 18.2 Å². The van der Waals surface area contributed by atoms with E-state index < -0.39 is 0 Å². The highest BCUT2D eigenvalue weighted by molar-refractivity contribution is 5.90. The minimum Gasteiger partial charge on any atom is -0.369 e. The summed E-state index contributed by atoms with van der Waals surface area (Å²) in [6.45, 7) is 0.778. The minimum atomic E-state index is 0.306. The maximum atomic E-state index is 4.81. The molecule has 0 bridgehead atoms. The van der Waals surface area contributed by atoms with E-state index in [4.69, 9.17) is 9.97 Å². The SMILES string of the molecule is c1ccc(C(CCNc2nc(-c3cncnc3)nc3ccccc23)c2ccccc2)cc1. The van der Waals surface area contributed by atoms with Crippen molar-refractivity contribution in [2.24, 2.45) is 0 Å². The highest BCUT2D eigenvalue weighted by Crippen LogP contribution is 2.29. The molecule has 2 heterocycles. The van der Waals surface area contributed by atoms with Crippen LogP contribution in [0.5, 0.6) is 0 Å². The fraction of sp³-hybridized carbons (Fsp3) is 0.111. The minimum absolute atomic E-state index is 0.306. The smallest absolute Gasteiger partial charge is 0.165 e. The molecule has 0 radical (unpaired) electrons. The Labute approximate surface area is 187 Å². The molecule has 0 fully saturated rings. The maximum Gasteiger partial charge on any atom is 0.165 e. The summed E-state index contributed by atoms with van der Waals surface area (Å²) in [6.07, 6.45) is 5.93. The Morgan fingerprint density at radius 1 is 0.688 bits per heavy atom. The number of anilines is 1. The number of fused-ring (bicyclic) bond motifs is 1. The number of para-hydroxylation sites is 1. The van der Waals surface area contributed by atoms with Crippen molar-refractivity contribution >= 4 is 16.7 Å². The van der Waals surface area contributed by atoms with Gasteiger partial charge in [0.2, 0.25) is 0 Å². The third kappa shape index (κ3) is 4.32. The van der Waals surface area contributed by atoms with Gasteiger partial charge in [0.1, 0.15) is 12.1 Å². The van der Waals surface area contributed by atoms with Crippen LogP contribution in [0.2, 0.25) is 0 Å². The van der Waals surface area contributed by atoms with Crippen molar-refractivity contribution in [3.63, 3.8) is 0 Å². The van der Waals surface area contributed by atoms with Crippen LogP contribution in [-0.4, -0.2) is 26.5 Å². The van der Waals surface area contributed by atoms with Gasteiger partial charge in [-0.1, -0.05) is 72.8 Å². The Bertz CT molecular complexity index is 1250. The van der Waals surface area contributed by atoms with E-state index in [0.29, 0.717) is 11.7 Å². The lowest BCUT2D eigenvalue weighted by Gasteiger charge is -2.19. The third-order valence-electron chi connectivity index (χ3n) is 5.55. The summed E-state index contributed by atoms with van der Waals surface area (Å²) < 4.78 is 0. The molecule has 32 heavy (non-hydrogen) atoms. The first-order chi connectivity index (χ1) is 15.9. The monoisotopic (exact) mass is 417 g/mol. The molecule has 0 unspecified atom stereocenters. The summed E-state index contributed by atoms with van der Waals surface area (Å²) in [6, 6.07) is 29.4. The molecule has 5 aromatic rings. The molecule has 0 amide bonds. The number of hydrogen-bond acceptors (Lipinski definition) is 5. The molecule has 0 spiro atoms. The van der Waals surface area contributed by atoms with Crippen LogP contribution in [0.25, 0.3) is 22.3 Å². The second-order valence-corrected chi connectivity index (χ2v) is 7.63. The second-order valence-electron chi connectivity index (χ2n) is 7.63. The van der Waals surface area contributed by atoms with Crippen LogP contribution in [0.3, 0.4) is 0 Å². The number of rotatable bonds is 7. The van der Waals surface area contributed by atoms with Gasteiger partial charge in [-0.3, -0.25) is 0 Å². The second kappa shape index (κ2) is 9.35. The van der Waals surface area contributed by atoms with E-state index in [1.165, 1.54) is 17.5 Å². The molecule has 156 valence electrons. The number of nitrogens with zero attached hydrogens (tertiary/aromatic N) is 4. The number of nitrogens with one attached hydrogen (secondary N) is 1. The molecule has 1 N–H and O–H groups in total. The lowest BCUT2D eigenvalue weighted by Crippen LogP contribution is -2.11. The molecular formula is C27H23N5. The lowest BCUT2D eigenvalue weighted by atomic mass is 9.88. The predicted molar refractivity (Wildman–Crippen MR) is 128 cm³/mol. The summed E-state index contributed by atoms with van der Waals surface area (Å²) >= 11 is 0. The van der Waals surface area contributed by atoms with Gasteiger partial charge in [-0.05, 0) is 29.7 Å². The van der Waals surface area contributed by atoms with Crippen LogP contribution in [0.15, 0.2) is 104 Å². The zero-order valence-corrected chi connectivity index (χ0v) is 17.6. The zero-order valence-electron chi connectivity index (χ0n) is 17.6. The van der Waals surface area contributed by atoms with Crippen LogP contribution in [0.4, 0.5) is 5.82 Å². The Kier molecular flexibility index (Phi) is 5.79. The molecule has 0 atom stereocenters. The van der Waals surface area contributed by atoms with Gasteiger partial charge in [0.05, 0.1) is 11.1 Å². The maximum absolute atomic E-state index is 4.81. The van der Waals surface area contributed by atoms with Crippen molar-refractivity contribution in [3.05, 3.63) is 115 Å². The van der Waals surface area contributed by atoms with Crippen LogP contribution < -0.4 is 5.32 Å². The summed E-state index contributed by atoms with van der Waals surface area (Å²) in [5, 5.41) is 4.58. The quantitative estimate of drug-likeness (QED) is 0.367.